The highest BCUT2D eigenvalue weighted by atomic mass is 79.9. The van der Waals surface area contributed by atoms with Crippen LogP contribution in [0.5, 0.6) is 0 Å². The van der Waals surface area contributed by atoms with E-state index >= 15 is 0 Å². The fourth-order valence-corrected chi connectivity index (χ4v) is 2.08. The van der Waals surface area contributed by atoms with Crippen molar-refractivity contribution in [3.8, 4) is 0 Å². The molecule has 0 saturated heterocycles. The highest BCUT2D eigenvalue weighted by Gasteiger charge is 2.01. The Morgan fingerprint density at radius 2 is 2.08 bits per heavy atom. The molecule has 0 bridgehead atoms. The normalized spacial score (nSPS) is 10.6. The number of aromatic nitrogens is 1. The Morgan fingerprint density at radius 3 is 2.85 bits per heavy atom. The molecule has 0 saturated carbocycles. The summed E-state index contributed by atoms with van der Waals surface area (Å²) in [6.45, 7) is 0. The van der Waals surface area contributed by atoms with Crippen molar-refractivity contribution in [2.75, 3.05) is 5.73 Å². The standard InChI is InChI=1S/C9H6BrClN2/c10-6-1-5-4-13-9(12)3-7(5)8(11)2-6/h1-4H,(H2,12,13). The molecule has 0 radical (unpaired) electrons. The number of anilines is 1. The number of nitrogen functional groups attached to an aromatic ring is 1. The van der Waals surface area contributed by atoms with E-state index in [1.807, 2.05) is 12.1 Å². The molecule has 0 fully saturated rings. The van der Waals surface area contributed by atoms with Crippen LogP contribution in [0.25, 0.3) is 10.8 Å². The Morgan fingerprint density at radius 1 is 1.31 bits per heavy atom. The van der Waals surface area contributed by atoms with Crippen molar-refractivity contribution in [1.82, 2.24) is 4.98 Å². The molecule has 0 unspecified atom stereocenters. The maximum absolute atomic E-state index is 6.02. The van der Waals surface area contributed by atoms with Gasteiger partial charge in [0, 0.05) is 26.5 Å². The molecular formula is C9H6BrClN2. The lowest BCUT2D eigenvalue weighted by Gasteiger charge is -2.01. The fraction of sp³-hybridized carbons (Fsp3) is 0. The topological polar surface area (TPSA) is 38.9 Å². The molecule has 2 aromatic rings. The van der Waals surface area contributed by atoms with Crippen molar-refractivity contribution in [2.24, 2.45) is 0 Å². The average molecular weight is 258 g/mol. The average Bonchev–Trinajstić information content (AvgIpc) is 2.06. The van der Waals surface area contributed by atoms with Gasteiger partial charge in [0.1, 0.15) is 5.82 Å². The monoisotopic (exact) mass is 256 g/mol. The minimum atomic E-state index is 0.483. The molecule has 4 heteroatoms. The Bertz CT molecular complexity index is 470. The van der Waals surface area contributed by atoms with Gasteiger partial charge in [-0.25, -0.2) is 4.98 Å². The molecule has 0 amide bonds. The number of rotatable bonds is 0. The van der Waals surface area contributed by atoms with E-state index in [4.69, 9.17) is 17.3 Å². The first-order valence-electron chi connectivity index (χ1n) is 3.67. The molecule has 66 valence electrons. The molecule has 0 aliphatic heterocycles. The van der Waals surface area contributed by atoms with Gasteiger partial charge in [0.05, 0.1) is 0 Å². The molecule has 2 nitrogen and oxygen atoms in total. The van der Waals surface area contributed by atoms with Crippen molar-refractivity contribution < 1.29 is 0 Å². The molecule has 2 rings (SSSR count). The second-order valence-corrected chi connectivity index (χ2v) is 4.04. The van der Waals surface area contributed by atoms with Crippen molar-refractivity contribution in [1.29, 1.82) is 0 Å². The van der Waals surface area contributed by atoms with E-state index in [2.05, 4.69) is 20.9 Å². The lowest BCUT2D eigenvalue weighted by molar-refractivity contribution is 1.37. The maximum atomic E-state index is 6.02. The van der Waals surface area contributed by atoms with Crippen LogP contribution in [0.3, 0.4) is 0 Å². The minimum Gasteiger partial charge on any atom is -0.384 e. The molecule has 0 spiro atoms. The van der Waals surface area contributed by atoms with Crippen molar-refractivity contribution >= 4 is 44.1 Å². The van der Waals surface area contributed by atoms with Crippen LogP contribution >= 0.6 is 27.5 Å². The highest BCUT2D eigenvalue weighted by molar-refractivity contribution is 9.10. The van der Waals surface area contributed by atoms with Crippen molar-refractivity contribution in [2.45, 2.75) is 0 Å². The number of hydrogen-bond donors (Lipinski definition) is 1. The molecule has 1 aromatic heterocycles. The smallest absolute Gasteiger partial charge is 0.123 e. The number of nitrogens with two attached hydrogens (primary N) is 1. The number of halogens is 2. The summed E-state index contributed by atoms with van der Waals surface area (Å²) in [7, 11) is 0. The van der Waals surface area contributed by atoms with Crippen LogP contribution in [0.4, 0.5) is 5.82 Å². The van der Waals surface area contributed by atoms with Gasteiger partial charge in [0.2, 0.25) is 0 Å². The third-order valence-corrected chi connectivity index (χ3v) is 2.54. The van der Waals surface area contributed by atoms with Gasteiger partial charge in [-0.2, -0.15) is 0 Å². The molecular weight excluding hydrogens is 251 g/mol. The summed E-state index contributed by atoms with van der Waals surface area (Å²) in [4.78, 5) is 3.99. The Hall–Kier alpha value is -0.800. The lowest BCUT2D eigenvalue weighted by atomic mass is 10.2. The molecule has 13 heavy (non-hydrogen) atoms. The molecule has 1 aromatic carbocycles. The second-order valence-electron chi connectivity index (χ2n) is 2.72. The van der Waals surface area contributed by atoms with Crippen LogP contribution in [-0.4, -0.2) is 4.98 Å². The van der Waals surface area contributed by atoms with E-state index in [1.54, 1.807) is 12.3 Å². The van der Waals surface area contributed by atoms with Gasteiger partial charge in [-0.1, -0.05) is 27.5 Å². The second kappa shape index (κ2) is 3.16. The quantitative estimate of drug-likeness (QED) is 0.787. The molecule has 0 aliphatic rings. The zero-order chi connectivity index (χ0) is 9.42. The first-order chi connectivity index (χ1) is 6.16. The van der Waals surface area contributed by atoms with Crippen molar-refractivity contribution in [3.05, 3.63) is 33.9 Å². The summed E-state index contributed by atoms with van der Waals surface area (Å²) >= 11 is 9.38. The summed E-state index contributed by atoms with van der Waals surface area (Å²) in [6, 6.07) is 5.56. The van der Waals surface area contributed by atoms with Gasteiger partial charge in [0.25, 0.3) is 0 Å². The summed E-state index contributed by atoms with van der Waals surface area (Å²) in [5, 5.41) is 2.59. The van der Waals surface area contributed by atoms with Gasteiger partial charge in [-0.3, -0.25) is 0 Å². The first-order valence-corrected chi connectivity index (χ1v) is 4.84. The van der Waals surface area contributed by atoms with E-state index in [-0.39, 0.29) is 0 Å². The van der Waals surface area contributed by atoms with Crippen molar-refractivity contribution in [3.63, 3.8) is 0 Å². The molecule has 1 heterocycles. The summed E-state index contributed by atoms with van der Waals surface area (Å²) < 4.78 is 0.941. The van der Waals surface area contributed by atoms with Gasteiger partial charge in [-0.05, 0) is 18.2 Å². The number of pyridine rings is 1. The number of hydrogen-bond acceptors (Lipinski definition) is 2. The van der Waals surface area contributed by atoms with E-state index in [0.29, 0.717) is 10.8 Å². The number of benzene rings is 1. The van der Waals surface area contributed by atoms with Gasteiger partial charge in [0.15, 0.2) is 0 Å². The first kappa shape index (κ1) is 8.78. The molecule has 0 atom stereocenters. The third kappa shape index (κ3) is 1.62. The summed E-state index contributed by atoms with van der Waals surface area (Å²) in [6.07, 6.45) is 1.71. The van der Waals surface area contributed by atoms with Crippen LogP contribution < -0.4 is 5.73 Å². The zero-order valence-electron chi connectivity index (χ0n) is 6.59. The largest absolute Gasteiger partial charge is 0.384 e. The SMILES string of the molecule is Nc1cc2c(Cl)cc(Br)cc2cn1. The van der Waals surface area contributed by atoms with E-state index < -0.39 is 0 Å². The Labute approximate surface area is 88.8 Å². The van der Waals surface area contributed by atoms with Gasteiger partial charge in [-0.15, -0.1) is 0 Å². The van der Waals surface area contributed by atoms with Crippen LogP contribution in [0, 0.1) is 0 Å². The fourth-order valence-electron chi connectivity index (χ4n) is 1.19. The molecule has 0 aliphatic carbocycles. The maximum Gasteiger partial charge on any atom is 0.123 e. The number of nitrogens with zero attached hydrogens (tertiary/aromatic N) is 1. The predicted molar refractivity (Wildman–Crippen MR) is 58.9 cm³/mol. The van der Waals surface area contributed by atoms with Crippen LogP contribution in [0.15, 0.2) is 28.9 Å². The lowest BCUT2D eigenvalue weighted by Crippen LogP contribution is -1.88. The van der Waals surface area contributed by atoms with E-state index in [9.17, 15) is 0 Å². The van der Waals surface area contributed by atoms with Crippen LogP contribution in [-0.2, 0) is 0 Å². The van der Waals surface area contributed by atoms with Crippen LogP contribution in [0.2, 0.25) is 5.02 Å². The summed E-state index contributed by atoms with van der Waals surface area (Å²) in [5.41, 5.74) is 5.55. The summed E-state index contributed by atoms with van der Waals surface area (Å²) in [5.74, 6) is 0.483. The zero-order valence-corrected chi connectivity index (χ0v) is 8.93. The molecule has 2 N–H and O–H groups in total. The van der Waals surface area contributed by atoms with E-state index in [0.717, 1.165) is 15.2 Å². The van der Waals surface area contributed by atoms with E-state index in [1.165, 1.54) is 0 Å². The Kier molecular flexibility index (Phi) is 2.14. The Balaban J connectivity index is 2.87. The number of fused-ring (bicyclic) bond motifs is 1. The predicted octanol–water partition coefficient (Wildman–Crippen LogP) is 3.23. The van der Waals surface area contributed by atoms with Gasteiger partial charge < -0.3 is 5.73 Å². The highest BCUT2D eigenvalue weighted by Crippen LogP contribution is 2.28. The van der Waals surface area contributed by atoms with Gasteiger partial charge >= 0.3 is 0 Å². The third-order valence-electron chi connectivity index (χ3n) is 1.77. The van der Waals surface area contributed by atoms with Crippen LogP contribution in [0.1, 0.15) is 0 Å². The minimum absolute atomic E-state index is 0.483.